The fourth-order valence-electron chi connectivity index (χ4n) is 1.12. The lowest BCUT2D eigenvalue weighted by atomic mass is 9.96. The van der Waals surface area contributed by atoms with Gasteiger partial charge < -0.3 is 10.4 Å². The number of piperidine rings is 1. The monoisotopic (exact) mass is 133 g/mol. The number of aliphatic hydroxyl groups is 1. The summed E-state index contributed by atoms with van der Waals surface area (Å²) in [5, 5.41) is 12.0. The van der Waals surface area contributed by atoms with Crippen LogP contribution >= 0.6 is 0 Å². The van der Waals surface area contributed by atoms with Crippen LogP contribution in [-0.2, 0) is 0 Å². The number of hydrogen-bond donors (Lipinski definition) is 2. The van der Waals surface area contributed by atoms with Gasteiger partial charge in [-0.1, -0.05) is 0 Å². The number of rotatable bonds is 0. The van der Waals surface area contributed by atoms with Crippen LogP contribution in [0.1, 0.15) is 13.3 Å². The summed E-state index contributed by atoms with van der Waals surface area (Å²) in [6.07, 6.45) is -0.617. The minimum Gasteiger partial charge on any atom is -0.389 e. The first kappa shape index (κ1) is 6.96. The average Bonchev–Trinajstić information content (AvgIpc) is 1.60. The molecule has 1 rings (SSSR count). The van der Waals surface area contributed by atoms with E-state index < -0.39 is 11.8 Å². The second-order valence-electron chi connectivity index (χ2n) is 2.93. The Balaban J connectivity index is 2.41. The van der Waals surface area contributed by atoms with Crippen molar-refractivity contribution in [2.24, 2.45) is 0 Å². The van der Waals surface area contributed by atoms with Crippen LogP contribution < -0.4 is 5.32 Å². The molecular weight excluding hydrogens is 121 g/mol. The molecule has 0 amide bonds. The topological polar surface area (TPSA) is 32.3 Å². The molecule has 0 unspecified atom stereocenters. The van der Waals surface area contributed by atoms with Gasteiger partial charge in [0.15, 0.2) is 0 Å². The minimum absolute atomic E-state index is 0.264. The molecule has 0 bridgehead atoms. The molecule has 0 aromatic heterocycles. The molecular formula is C6H12FNO. The molecule has 0 aliphatic carbocycles. The first-order chi connectivity index (χ1) is 4.10. The van der Waals surface area contributed by atoms with E-state index in [1.54, 1.807) is 6.92 Å². The average molecular weight is 133 g/mol. The van der Waals surface area contributed by atoms with Gasteiger partial charge in [-0.2, -0.15) is 0 Å². The zero-order valence-electron chi connectivity index (χ0n) is 5.52. The van der Waals surface area contributed by atoms with Crippen LogP contribution in [-0.4, -0.2) is 30.0 Å². The SMILES string of the molecule is C[C@]1(O)CNC[C@@H](F)C1. The normalized spacial score (nSPS) is 45.0. The standard InChI is InChI=1S/C6H12FNO/c1-6(9)2-5(7)3-8-4-6/h5,8-9H,2-4H2,1H3/t5-,6+/m0/s1. The number of nitrogens with one attached hydrogen (secondary N) is 1. The summed E-state index contributed by atoms with van der Waals surface area (Å²) in [5.41, 5.74) is -0.836. The van der Waals surface area contributed by atoms with Gasteiger partial charge in [0, 0.05) is 19.5 Å². The number of β-amino-alcohol motifs (C(OH)–C–C–N with tert-alkyl or cyclic N) is 1. The van der Waals surface area contributed by atoms with Gasteiger partial charge in [0.25, 0.3) is 0 Å². The van der Waals surface area contributed by atoms with Gasteiger partial charge in [-0.15, -0.1) is 0 Å². The van der Waals surface area contributed by atoms with Crippen molar-refractivity contribution in [3.8, 4) is 0 Å². The molecule has 1 aliphatic rings. The van der Waals surface area contributed by atoms with E-state index in [1.807, 2.05) is 0 Å². The largest absolute Gasteiger partial charge is 0.389 e. The molecule has 2 atom stereocenters. The van der Waals surface area contributed by atoms with Gasteiger partial charge in [-0.3, -0.25) is 0 Å². The zero-order chi connectivity index (χ0) is 6.91. The predicted molar refractivity (Wildman–Crippen MR) is 33.0 cm³/mol. The lowest BCUT2D eigenvalue weighted by molar-refractivity contribution is 0.00569. The Hall–Kier alpha value is -0.150. The van der Waals surface area contributed by atoms with Crippen molar-refractivity contribution in [2.45, 2.75) is 25.1 Å². The maximum absolute atomic E-state index is 12.5. The Morgan fingerprint density at radius 2 is 2.44 bits per heavy atom. The van der Waals surface area contributed by atoms with Gasteiger partial charge in [0.2, 0.25) is 0 Å². The lowest BCUT2D eigenvalue weighted by Crippen LogP contribution is -2.48. The van der Waals surface area contributed by atoms with E-state index in [-0.39, 0.29) is 6.42 Å². The highest BCUT2D eigenvalue weighted by molar-refractivity contribution is 4.85. The van der Waals surface area contributed by atoms with Crippen LogP contribution in [0, 0.1) is 0 Å². The van der Waals surface area contributed by atoms with Crippen molar-refractivity contribution in [1.29, 1.82) is 0 Å². The highest BCUT2D eigenvalue weighted by Gasteiger charge is 2.29. The third-order valence-corrected chi connectivity index (χ3v) is 1.53. The predicted octanol–water partition coefficient (Wildman–Crippen LogP) is 0.0688. The van der Waals surface area contributed by atoms with Gasteiger partial charge in [-0.25, -0.2) is 4.39 Å². The maximum atomic E-state index is 12.5. The van der Waals surface area contributed by atoms with E-state index in [0.29, 0.717) is 13.1 Å². The van der Waals surface area contributed by atoms with Gasteiger partial charge >= 0.3 is 0 Å². The molecule has 1 saturated heterocycles. The molecule has 9 heavy (non-hydrogen) atoms. The molecule has 1 aliphatic heterocycles. The molecule has 0 saturated carbocycles. The van der Waals surface area contributed by atoms with Crippen LogP contribution in [0.3, 0.4) is 0 Å². The van der Waals surface area contributed by atoms with E-state index in [0.717, 1.165) is 0 Å². The lowest BCUT2D eigenvalue weighted by Gasteiger charge is -2.30. The minimum atomic E-state index is -0.881. The smallest absolute Gasteiger partial charge is 0.115 e. The number of hydrogen-bond acceptors (Lipinski definition) is 2. The molecule has 0 aromatic rings. The van der Waals surface area contributed by atoms with Gasteiger partial charge in [0.05, 0.1) is 5.60 Å². The molecule has 2 nitrogen and oxygen atoms in total. The highest BCUT2D eigenvalue weighted by atomic mass is 19.1. The number of halogens is 1. The quantitative estimate of drug-likeness (QED) is 0.490. The summed E-state index contributed by atoms with van der Waals surface area (Å²) in [6, 6.07) is 0. The third kappa shape index (κ3) is 1.91. The van der Waals surface area contributed by atoms with Crippen molar-refractivity contribution >= 4 is 0 Å². The van der Waals surface area contributed by atoms with E-state index >= 15 is 0 Å². The Kier molecular flexibility index (Phi) is 1.73. The van der Waals surface area contributed by atoms with Gasteiger partial charge in [0.1, 0.15) is 6.17 Å². The van der Waals surface area contributed by atoms with Crippen LogP contribution in [0.4, 0.5) is 4.39 Å². The fourth-order valence-corrected chi connectivity index (χ4v) is 1.12. The Labute approximate surface area is 54.1 Å². The van der Waals surface area contributed by atoms with Crippen molar-refractivity contribution in [2.75, 3.05) is 13.1 Å². The second kappa shape index (κ2) is 2.23. The van der Waals surface area contributed by atoms with Crippen LogP contribution in [0.5, 0.6) is 0 Å². The summed E-state index contributed by atoms with van der Waals surface area (Å²) >= 11 is 0. The first-order valence-electron chi connectivity index (χ1n) is 3.17. The molecule has 3 heteroatoms. The summed E-state index contributed by atoms with van der Waals surface area (Å²) in [7, 11) is 0. The van der Waals surface area contributed by atoms with E-state index in [9.17, 15) is 9.50 Å². The Bertz CT molecular complexity index is 105. The van der Waals surface area contributed by atoms with E-state index in [4.69, 9.17) is 0 Å². The Morgan fingerprint density at radius 3 is 2.78 bits per heavy atom. The van der Waals surface area contributed by atoms with Crippen molar-refractivity contribution in [3.63, 3.8) is 0 Å². The van der Waals surface area contributed by atoms with Crippen LogP contribution in [0.25, 0.3) is 0 Å². The van der Waals surface area contributed by atoms with Gasteiger partial charge in [-0.05, 0) is 6.92 Å². The summed E-state index contributed by atoms with van der Waals surface area (Å²) in [5.74, 6) is 0. The maximum Gasteiger partial charge on any atom is 0.115 e. The van der Waals surface area contributed by atoms with Crippen molar-refractivity contribution < 1.29 is 9.50 Å². The van der Waals surface area contributed by atoms with E-state index in [2.05, 4.69) is 5.32 Å². The zero-order valence-corrected chi connectivity index (χ0v) is 5.52. The highest BCUT2D eigenvalue weighted by Crippen LogP contribution is 2.16. The molecule has 1 fully saturated rings. The molecule has 2 N–H and O–H groups in total. The summed E-state index contributed by atoms with van der Waals surface area (Å²) in [6.45, 7) is 2.54. The molecule has 54 valence electrons. The summed E-state index contributed by atoms with van der Waals surface area (Å²) < 4.78 is 12.5. The fraction of sp³-hybridized carbons (Fsp3) is 1.00. The van der Waals surface area contributed by atoms with Crippen LogP contribution in [0.15, 0.2) is 0 Å². The van der Waals surface area contributed by atoms with E-state index in [1.165, 1.54) is 0 Å². The van der Waals surface area contributed by atoms with Crippen LogP contribution in [0.2, 0.25) is 0 Å². The second-order valence-corrected chi connectivity index (χ2v) is 2.93. The molecule has 0 aromatic carbocycles. The first-order valence-corrected chi connectivity index (χ1v) is 3.17. The van der Waals surface area contributed by atoms with Crippen molar-refractivity contribution in [1.82, 2.24) is 5.32 Å². The Morgan fingerprint density at radius 1 is 1.78 bits per heavy atom. The molecule has 0 radical (unpaired) electrons. The number of alkyl halides is 1. The molecule has 0 spiro atoms. The van der Waals surface area contributed by atoms with Crippen molar-refractivity contribution in [3.05, 3.63) is 0 Å². The molecule has 1 heterocycles. The summed E-state index contributed by atoms with van der Waals surface area (Å²) in [4.78, 5) is 0. The third-order valence-electron chi connectivity index (χ3n) is 1.53.